The zero-order valence-electron chi connectivity index (χ0n) is 16.7. The van der Waals surface area contributed by atoms with E-state index >= 15 is 0 Å². The number of amides is 1. The van der Waals surface area contributed by atoms with Crippen LogP contribution in [0.2, 0.25) is 0 Å². The maximum Gasteiger partial charge on any atom is 0.252 e. The molecule has 1 aliphatic heterocycles. The van der Waals surface area contributed by atoms with Crippen LogP contribution in [-0.2, 0) is 10.0 Å². The molecule has 0 radical (unpaired) electrons. The van der Waals surface area contributed by atoms with Crippen molar-refractivity contribution >= 4 is 15.9 Å². The lowest BCUT2D eigenvalue weighted by Crippen LogP contribution is -2.44. The van der Waals surface area contributed by atoms with Crippen molar-refractivity contribution in [3.05, 3.63) is 59.4 Å². The SMILES string of the molecule is CCCNS(=O)(=O)c1cc(C(=O)NC2CC(c3cccc(F)c3)NN2)ccc1OC. The number of hydrogen-bond donors (Lipinski definition) is 4. The highest BCUT2D eigenvalue weighted by Gasteiger charge is 2.27. The Morgan fingerprint density at radius 2 is 2.03 bits per heavy atom. The van der Waals surface area contributed by atoms with Crippen LogP contribution in [-0.4, -0.2) is 34.1 Å². The fourth-order valence-corrected chi connectivity index (χ4v) is 4.50. The van der Waals surface area contributed by atoms with Gasteiger partial charge < -0.3 is 10.1 Å². The number of nitrogens with one attached hydrogen (secondary N) is 4. The standard InChI is InChI=1S/C20H25FN4O4S/c1-3-9-22-30(27,28)18-11-14(7-8-17(18)29-2)20(26)23-19-12-16(24-25-19)13-5-4-6-15(21)10-13/h4-8,10-11,16,19,22,24-25H,3,9,12H2,1-2H3,(H,23,26). The average Bonchev–Trinajstić information content (AvgIpc) is 3.20. The second-order valence-electron chi connectivity index (χ2n) is 6.92. The monoisotopic (exact) mass is 436 g/mol. The van der Waals surface area contributed by atoms with Crippen molar-refractivity contribution in [2.75, 3.05) is 13.7 Å². The van der Waals surface area contributed by atoms with Crippen molar-refractivity contribution in [1.29, 1.82) is 0 Å². The number of halogens is 1. The number of carbonyl (C=O) groups is 1. The Kier molecular flexibility index (Phi) is 7.03. The van der Waals surface area contributed by atoms with E-state index in [0.717, 1.165) is 5.56 Å². The van der Waals surface area contributed by atoms with Gasteiger partial charge in [0.2, 0.25) is 10.0 Å². The van der Waals surface area contributed by atoms with Crippen molar-refractivity contribution in [3.8, 4) is 5.75 Å². The van der Waals surface area contributed by atoms with Gasteiger partial charge in [-0.2, -0.15) is 0 Å². The minimum Gasteiger partial charge on any atom is -0.495 e. The molecule has 0 aliphatic carbocycles. The number of carbonyl (C=O) groups excluding carboxylic acids is 1. The summed E-state index contributed by atoms with van der Waals surface area (Å²) in [7, 11) is -2.45. The number of methoxy groups -OCH3 is 1. The first-order chi connectivity index (χ1) is 14.3. The first-order valence-electron chi connectivity index (χ1n) is 9.59. The van der Waals surface area contributed by atoms with E-state index in [1.165, 1.54) is 37.4 Å². The molecule has 8 nitrogen and oxygen atoms in total. The molecule has 2 aromatic rings. The van der Waals surface area contributed by atoms with Crippen LogP contribution in [0, 0.1) is 5.82 Å². The van der Waals surface area contributed by atoms with Crippen LogP contribution < -0.4 is 25.6 Å². The van der Waals surface area contributed by atoms with Gasteiger partial charge in [-0.1, -0.05) is 19.1 Å². The number of hydrogen-bond acceptors (Lipinski definition) is 6. The molecule has 0 aromatic heterocycles. The molecule has 0 spiro atoms. The van der Waals surface area contributed by atoms with E-state index in [4.69, 9.17) is 4.74 Å². The summed E-state index contributed by atoms with van der Waals surface area (Å²) < 4.78 is 46.1. The molecule has 0 saturated carbocycles. The minimum atomic E-state index is -3.82. The van der Waals surface area contributed by atoms with E-state index < -0.39 is 22.1 Å². The van der Waals surface area contributed by atoms with Crippen LogP contribution in [0.15, 0.2) is 47.4 Å². The summed E-state index contributed by atoms with van der Waals surface area (Å²) in [5.41, 5.74) is 6.93. The molecule has 1 heterocycles. The molecule has 10 heteroatoms. The van der Waals surface area contributed by atoms with Crippen LogP contribution in [0.4, 0.5) is 4.39 Å². The van der Waals surface area contributed by atoms with E-state index in [2.05, 4.69) is 20.9 Å². The molecule has 2 atom stereocenters. The zero-order chi connectivity index (χ0) is 21.7. The second-order valence-corrected chi connectivity index (χ2v) is 8.66. The third-order valence-corrected chi connectivity index (χ3v) is 6.20. The summed E-state index contributed by atoms with van der Waals surface area (Å²) in [6.45, 7) is 2.13. The Bertz CT molecular complexity index is 1020. The van der Waals surface area contributed by atoms with Crippen molar-refractivity contribution in [2.24, 2.45) is 0 Å². The van der Waals surface area contributed by atoms with Gasteiger partial charge in [0.05, 0.1) is 13.3 Å². The number of hydrazine groups is 1. The third kappa shape index (κ3) is 5.14. The lowest BCUT2D eigenvalue weighted by atomic mass is 10.0. The molecule has 1 amide bonds. The zero-order valence-corrected chi connectivity index (χ0v) is 17.6. The van der Waals surface area contributed by atoms with Crippen LogP contribution in [0.1, 0.15) is 41.7 Å². The molecule has 1 aliphatic rings. The summed E-state index contributed by atoms with van der Waals surface area (Å²) in [5, 5.41) is 2.81. The maximum atomic E-state index is 13.4. The summed E-state index contributed by atoms with van der Waals surface area (Å²) in [5.74, 6) is -0.615. The van der Waals surface area contributed by atoms with Crippen molar-refractivity contribution in [2.45, 2.75) is 36.9 Å². The predicted octanol–water partition coefficient (Wildman–Crippen LogP) is 1.82. The number of sulfonamides is 1. The normalized spacial score (nSPS) is 18.9. The Balaban J connectivity index is 1.72. The topological polar surface area (TPSA) is 109 Å². The van der Waals surface area contributed by atoms with E-state index in [-0.39, 0.29) is 34.6 Å². The van der Waals surface area contributed by atoms with Crippen LogP contribution >= 0.6 is 0 Å². The van der Waals surface area contributed by atoms with Gasteiger partial charge in [0.1, 0.15) is 16.5 Å². The molecule has 1 saturated heterocycles. The van der Waals surface area contributed by atoms with Crippen molar-refractivity contribution in [3.63, 3.8) is 0 Å². The third-order valence-electron chi connectivity index (χ3n) is 4.72. The van der Waals surface area contributed by atoms with Crippen LogP contribution in [0.5, 0.6) is 5.75 Å². The smallest absolute Gasteiger partial charge is 0.252 e. The van der Waals surface area contributed by atoms with Crippen molar-refractivity contribution < 1.29 is 22.3 Å². The number of rotatable bonds is 8. The summed E-state index contributed by atoms with van der Waals surface area (Å²) in [6, 6.07) is 10.3. The molecule has 30 heavy (non-hydrogen) atoms. The quantitative estimate of drug-likeness (QED) is 0.503. The van der Waals surface area contributed by atoms with Gasteiger partial charge in [0.25, 0.3) is 5.91 Å². The molecule has 0 bridgehead atoms. The molecule has 3 rings (SSSR count). The Hall–Kier alpha value is -2.53. The number of benzene rings is 2. The lowest BCUT2D eigenvalue weighted by molar-refractivity contribution is 0.0932. The first kappa shape index (κ1) is 22.2. The van der Waals surface area contributed by atoms with E-state index in [0.29, 0.717) is 12.8 Å². The van der Waals surface area contributed by atoms with Gasteiger partial charge in [-0.25, -0.2) is 28.4 Å². The first-order valence-corrected chi connectivity index (χ1v) is 11.1. The van der Waals surface area contributed by atoms with Gasteiger partial charge in [0, 0.05) is 24.6 Å². The predicted molar refractivity (Wildman–Crippen MR) is 110 cm³/mol. The molecular formula is C20H25FN4O4S. The highest BCUT2D eigenvalue weighted by atomic mass is 32.2. The lowest BCUT2D eigenvalue weighted by Gasteiger charge is -2.15. The fourth-order valence-electron chi connectivity index (χ4n) is 3.18. The van der Waals surface area contributed by atoms with Gasteiger partial charge in [-0.05, 0) is 42.3 Å². The minimum absolute atomic E-state index is 0.0961. The van der Waals surface area contributed by atoms with Gasteiger partial charge in [-0.15, -0.1) is 0 Å². The van der Waals surface area contributed by atoms with Gasteiger partial charge in [-0.3, -0.25) is 4.79 Å². The van der Waals surface area contributed by atoms with Gasteiger partial charge >= 0.3 is 0 Å². The molecule has 1 fully saturated rings. The molecule has 2 aromatic carbocycles. The average molecular weight is 437 g/mol. The molecule has 2 unspecified atom stereocenters. The Morgan fingerprint density at radius 1 is 1.23 bits per heavy atom. The highest BCUT2D eigenvalue weighted by molar-refractivity contribution is 7.89. The van der Waals surface area contributed by atoms with E-state index in [1.54, 1.807) is 12.1 Å². The Morgan fingerprint density at radius 3 is 2.73 bits per heavy atom. The summed E-state index contributed by atoms with van der Waals surface area (Å²) in [6.07, 6.45) is 0.717. The van der Waals surface area contributed by atoms with Gasteiger partial charge in [0.15, 0.2) is 0 Å². The maximum absolute atomic E-state index is 13.4. The van der Waals surface area contributed by atoms with Crippen LogP contribution in [0.25, 0.3) is 0 Å². The van der Waals surface area contributed by atoms with Crippen molar-refractivity contribution in [1.82, 2.24) is 20.9 Å². The summed E-state index contributed by atoms with van der Waals surface area (Å²) >= 11 is 0. The highest BCUT2D eigenvalue weighted by Crippen LogP contribution is 2.26. The van der Waals surface area contributed by atoms with Crippen LogP contribution in [0.3, 0.4) is 0 Å². The molecule has 4 N–H and O–H groups in total. The van der Waals surface area contributed by atoms with E-state index in [9.17, 15) is 17.6 Å². The molecular weight excluding hydrogens is 411 g/mol. The fraction of sp³-hybridized carbons (Fsp3) is 0.350. The Labute approximate surface area is 175 Å². The largest absolute Gasteiger partial charge is 0.495 e. The molecule has 162 valence electrons. The second kappa shape index (κ2) is 9.52. The summed E-state index contributed by atoms with van der Waals surface area (Å²) in [4.78, 5) is 12.6. The number of ether oxygens (including phenoxy) is 1. The van der Waals surface area contributed by atoms with E-state index in [1.807, 2.05) is 6.92 Å².